The molecule has 110 valence electrons. The molecule has 0 radical (unpaired) electrons. The predicted octanol–water partition coefficient (Wildman–Crippen LogP) is 3.42. The van der Waals surface area contributed by atoms with Crippen molar-refractivity contribution >= 4 is 5.97 Å². The maximum Gasteiger partial charge on any atom is 0.314 e. The standard InChI is InChI=1S/C17H17FO3/c1-17(16(19)20,13-6-4-3-5-7-13)11-12-10-14(18)8-9-15(12)21-2/h3-10H,11H2,1-2H3,(H,19,20). The van der Waals surface area contributed by atoms with E-state index in [2.05, 4.69) is 0 Å². The molecule has 4 heteroatoms. The molecule has 2 aromatic carbocycles. The first-order chi connectivity index (χ1) is 9.97. The van der Waals surface area contributed by atoms with Crippen molar-refractivity contribution in [3.63, 3.8) is 0 Å². The lowest BCUT2D eigenvalue weighted by Crippen LogP contribution is -2.35. The van der Waals surface area contributed by atoms with E-state index in [1.165, 1.54) is 25.3 Å². The maximum absolute atomic E-state index is 13.5. The molecule has 2 aromatic rings. The summed E-state index contributed by atoms with van der Waals surface area (Å²) in [5.41, 5.74) is 0.0533. The van der Waals surface area contributed by atoms with E-state index < -0.39 is 17.2 Å². The van der Waals surface area contributed by atoms with E-state index in [0.717, 1.165) is 0 Å². The molecule has 0 spiro atoms. The van der Waals surface area contributed by atoms with Crippen LogP contribution in [0.15, 0.2) is 48.5 Å². The Labute approximate surface area is 123 Å². The van der Waals surface area contributed by atoms with Gasteiger partial charge in [0.05, 0.1) is 12.5 Å². The smallest absolute Gasteiger partial charge is 0.314 e. The molecule has 0 aromatic heterocycles. The summed E-state index contributed by atoms with van der Waals surface area (Å²) in [4.78, 5) is 11.8. The van der Waals surface area contributed by atoms with Gasteiger partial charge in [-0.3, -0.25) is 4.79 Å². The van der Waals surface area contributed by atoms with Crippen molar-refractivity contribution in [3.8, 4) is 5.75 Å². The third-order valence-electron chi connectivity index (χ3n) is 3.67. The van der Waals surface area contributed by atoms with E-state index in [-0.39, 0.29) is 6.42 Å². The van der Waals surface area contributed by atoms with Crippen LogP contribution >= 0.6 is 0 Å². The van der Waals surface area contributed by atoms with E-state index in [0.29, 0.717) is 16.9 Å². The van der Waals surface area contributed by atoms with Crippen LogP contribution in [-0.4, -0.2) is 18.2 Å². The number of ether oxygens (including phenoxy) is 1. The van der Waals surface area contributed by atoms with Gasteiger partial charge >= 0.3 is 5.97 Å². The molecule has 0 saturated heterocycles. The summed E-state index contributed by atoms with van der Waals surface area (Å²) in [6, 6.07) is 13.1. The van der Waals surface area contributed by atoms with Gasteiger partial charge in [0.1, 0.15) is 11.6 Å². The second-order valence-corrected chi connectivity index (χ2v) is 5.14. The average Bonchev–Trinajstić information content (AvgIpc) is 2.48. The minimum Gasteiger partial charge on any atom is -0.496 e. The van der Waals surface area contributed by atoms with E-state index in [4.69, 9.17) is 4.74 Å². The van der Waals surface area contributed by atoms with Crippen molar-refractivity contribution in [2.24, 2.45) is 0 Å². The highest BCUT2D eigenvalue weighted by molar-refractivity contribution is 5.81. The molecule has 0 saturated carbocycles. The Balaban J connectivity index is 2.47. The molecule has 1 atom stereocenters. The van der Waals surface area contributed by atoms with E-state index in [1.807, 2.05) is 6.07 Å². The first-order valence-electron chi connectivity index (χ1n) is 6.58. The summed E-state index contributed by atoms with van der Waals surface area (Å²) >= 11 is 0. The van der Waals surface area contributed by atoms with Gasteiger partial charge in [0.25, 0.3) is 0 Å². The van der Waals surface area contributed by atoms with Gasteiger partial charge in [-0.05, 0) is 42.7 Å². The second kappa shape index (κ2) is 5.95. The minimum absolute atomic E-state index is 0.146. The quantitative estimate of drug-likeness (QED) is 0.917. The highest BCUT2D eigenvalue weighted by Gasteiger charge is 2.36. The monoisotopic (exact) mass is 288 g/mol. The predicted molar refractivity (Wildman–Crippen MR) is 78.1 cm³/mol. The van der Waals surface area contributed by atoms with Gasteiger partial charge in [-0.15, -0.1) is 0 Å². The number of methoxy groups -OCH3 is 1. The summed E-state index contributed by atoms with van der Waals surface area (Å²) in [6.07, 6.45) is 0.146. The zero-order chi connectivity index (χ0) is 15.5. The van der Waals surface area contributed by atoms with Crippen molar-refractivity contribution in [1.29, 1.82) is 0 Å². The van der Waals surface area contributed by atoms with Gasteiger partial charge in [0, 0.05) is 0 Å². The molecule has 1 unspecified atom stereocenters. The molecule has 2 rings (SSSR count). The fourth-order valence-electron chi connectivity index (χ4n) is 2.37. The lowest BCUT2D eigenvalue weighted by atomic mass is 9.77. The van der Waals surface area contributed by atoms with Crippen molar-refractivity contribution in [2.75, 3.05) is 7.11 Å². The Morgan fingerprint density at radius 1 is 1.24 bits per heavy atom. The highest BCUT2D eigenvalue weighted by Crippen LogP contribution is 2.32. The minimum atomic E-state index is -1.15. The first kappa shape index (κ1) is 15.0. The topological polar surface area (TPSA) is 46.5 Å². The van der Waals surface area contributed by atoms with Crippen molar-refractivity contribution in [1.82, 2.24) is 0 Å². The molecule has 1 N–H and O–H groups in total. The van der Waals surface area contributed by atoms with Crippen LogP contribution in [0.25, 0.3) is 0 Å². The van der Waals surface area contributed by atoms with Crippen molar-refractivity contribution in [3.05, 3.63) is 65.5 Å². The van der Waals surface area contributed by atoms with Crippen LogP contribution in [-0.2, 0) is 16.6 Å². The normalized spacial score (nSPS) is 13.5. The Kier molecular flexibility index (Phi) is 4.26. The number of carboxylic acids is 1. The lowest BCUT2D eigenvalue weighted by Gasteiger charge is -2.26. The summed E-state index contributed by atoms with van der Waals surface area (Å²) < 4.78 is 18.7. The molecular weight excluding hydrogens is 271 g/mol. The lowest BCUT2D eigenvalue weighted by molar-refractivity contribution is -0.143. The summed E-state index contributed by atoms with van der Waals surface area (Å²) in [6.45, 7) is 1.63. The number of rotatable bonds is 5. The third-order valence-corrected chi connectivity index (χ3v) is 3.67. The summed E-state index contributed by atoms with van der Waals surface area (Å²) in [5.74, 6) is -0.883. The zero-order valence-corrected chi connectivity index (χ0v) is 12.0. The molecular formula is C17H17FO3. The van der Waals surface area contributed by atoms with Crippen LogP contribution in [0.1, 0.15) is 18.1 Å². The zero-order valence-electron chi connectivity index (χ0n) is 12.0. The first-order valence-corrected chi connectivity index (χ1v) is 6.58. The number of benzene rings is 2. The highest BCUT2D eigenvalue weighted by atomic mass is 19.1. The largest absolute Gasteiger partial charge is 0.496 e. The van der Waals surface area contributed by atoms with Gasteiger partial charge in [-0.1, -0.05) is 30.3 Å². The van der Waals surface area contributed by atoms with Crippen molar-refractivity contribution in [2.45, 2.75) is 18.8 Å². The maximum atomic E-state index is 13.5. The van der Waals surface area contributed by atoms with Crippen LogP contribution in [0.5, 0.6) is 5.75 Å². The number of carboxylic acid groups (broad SMARTS) is 1. The number of hydrogen-bond acceptors (Lipinski definition) is 2. The molecule has 0 heterocycles. The second-order valence-electron chi connectivity index (χ2n) is 5.14. The molecule has 0 amide bonds. The number of carbonyl (C=O) groups is 1. The van der Waals surface area contributed by atoms with E-state index >= 15 is 0 Å². The van der Waals surface area contributed by atoms with Crippen LogP contribution in [0, 0.1) is 5.82 Å². The Morgan fingerprint density at radius 3 is 2.48 bits per heavy atom. The molecule has 21 heavy (non-hydrogen) atoms. The van der Waals surface area contributed by atoms with Crippen LogP contribution < -0.4 is 4.74 Å². The summed E-state index contributed by atoms with van der Waals surface area (Å²) in [7, 11) is 1.48. The van der Waals surface area contributed by atoms with Crippen LogP contribution in [0.2, 0.25) is 0 Å². The van der Waals surface area contributed by atoms with E-state index in [9.17, 15) is 14.3 Å². The number of hydrogen-bond donors (Lipinski definition) is 1. The van der Waals surface area contributed by atoms with E-state index in [1.54, 1.807) is 31.2 Å². The van der Waals surface area contributed by atoms with Crippen LogP contribution in [0.3, 0.4) is 0 Å². The Hall–Kier alpha value is -2.36. The molecule has 0 aliphatic rings. The third kappa shape index (κ3) is 3.05. The number of aliphatic carboxylic acids is 1. The molecule has 0 aliphatic heterocycles. The summed E-state index contributed by atoms with van der Waals surface area (Å²) in [5, 5.41) is 9.65. The van der Waals surface area contributed by atoms with Crippen molar-refractivity contribution < 1.29 is 19.0 Å². The fourth-order valence-corrected chi connectivity index (χ4v) is 2.37. The molecule has 3 nitrogen and oxygen atoms in total. The van der Waals surface area contributed by atoms with Gasteiger partial charge in [-0.2, -0.15) is 0 Å². The Morgan fingerprint density at radius 2 is 1.90 bits per heavy atom. The molecule has 0 aliphatic carbocycles. The SMILES string of the molecule is COc1ccc(F)cc1CC(C)(C(=O)O)c1ccccc1. The average molecular weight is 288 g/mol. The number of halogens is 1. The van der Waals surface area contributed by atoms with Crippen LogP contribution in [0.4, 0.5) is 4.39 Å². The Bertz CT molecular complexity index is 640. The van der Waals surface area contributed by atoms with Gasteiger partial charge in [0.15, 0.2) is 0 Å². The fraction of sp³-hybridized carbons (Fsp3) is 0.235. The van der Waals surface area contributed by atoms with Gasteiger partial charge < -0.3 is 9.84 Å². The molecule has 0 bridgehead atoms. The van der Waals surface area contributed by atoms with Gasteiger partial charge in [-0.25, -0.2) is 4.39 Å². The van der Waals surface area contributed by atoms with Gasteiger partial charge in [0.2, 0.25) is 0 Å². The molecule has 0 fully saturated rings.